The first-order valence-corrected chi connectivity index (χ1v) is 6.03. The average molecular weight is 215 g/mol. The summed E-state index contributed by atoms with van der Waals surface area (Å²) >= 11 is 0. The van der Waals surface area contributed by atoms with Crippen molar-refractivity contribution in [3.05, 3.63) is 0 Å². The van der Waals surface area contributed by atoms with Gasteiger partial charge in [0.1, 0.15) is 0 Å². The van der Waals surface area contributed by atoms with Crippen molar-refractivity contribution in [2.45, 2.75) is 48.0 Å². The van der Waals surface area contributed by atoms with E-state index in [1.54, 1.807) is 0 Å². The van der Waals surface area contributed by atoms with E-state index in [1.165, 1.54) is 6.42 Å². The highest BCUT2D eigenvalue weighted by Gasteiger charge is 2.40. The molecule has 1 fully saturated rings. The van der Waals surface area contributed by atoms with Crippen LogP contribution in [0.25, 0.3) is 0 Å². The Morgan fingerprint density at radius 1 is 1.27 bits per heavy atom. The lowest BCUT2D eigenvalue weighted by atomic mass is 9.68. The van der Waals surface area contributed by atoms with Crippen LogP contribution in [0, 0.1) is 10.8 Å². The van der Waals surface area contributed by atoms with Crippen LogP contribution in [0.1, 0.15) is 48.0 Å². The van der Waals surface area contributed by atoms with Gasteiger partial charge in [0.25, 0.3) is 0 Å². The van der Waals surface area contributed by atoms with Crippen LogP contribution in [0.4, 0.5) is 0 Å². The highest BCUT2D eigenvalue weighted by atomic mass is 16.5. The second-order valence-electron chi connectivity index (χ2n) is 6.01. The molecule has 0 radical (unpaired) electrons. The second kappa shape index (κ2) is 5.86. The summed E-state index contributed by atoms with van der Waals surface area (Å²) in [6.07, 6.45) is 1.25. The van der Waals surface area contributed by atoms with Crippen molar-refractivity contribution in [2.24, 2.45) is 10.8 Å². The third-order valence-electron chi connectivity index (χ3n) is 3.16. The molecule has 15 heavy (non-hydrogen) atoms. The van der Waals surface area contributed by atoms with Crippen molar-refractivity contribution < 1.29 is 4.74 Å². The lowest BCUT2D eigenvalue weighted by Gasteiger charge is -2.47. The van der Waals surface area contributed by atoms with Gasteiger partial charge >= 0.3 is 0 Å². The Balaban J connectivity index is 0.000000583. The third kappa shape index (κ3) is 4.52. The fourth-order valence-electron chi connectivity index (χ4n) is 1.57. The van der Waals surface area contributed by atoms with Crippen LogP contribution in [-0.2, 0) is 4.74 Å². The van der Waals surface area contributed by atoms with E-state index in [-0.39, 0.29) is 0 Å². The molecule has 0 N–H and O–H groups in total. The van der Waals surface area contributed by atoms with Crippen LogP contribution in [0.3, 0.4) is 0 Å². The zero-order valence-electron chi connectivity index (χ0n) is 11.7. The summed E-state index contributed by atoms with van der Waals surface area (Å²) in [5, 5.41) is 0. The Hall–Kier alpha value is -0.0800. The molecular formula is C13H29NO. The molecule has 0 aromatic carbocycles. The Bertz CT molecular complexity index is 174. The first-order chi connectivity index (χ1) is 6.77. The highest BCUT2D eigenvalue weighted by Crippen LogP contribution is 2.40. The van der Waals surface area contributed by atoms with Crippen LogP contribution in [0.15, 0.2) is 0 Å². The second-order valence-corrected chi connectivity index (χ2v) is 6.01. The smallest absolute Gasteiger partial charge is 0.0988 e. The minimum absolute atomic E-state index is 0.292. The molecule has 0 saturated carbocycles. The van der Waals surface area contributed by atoms with Gasteiger partial charge in [-0.05, 0) is 12.5 Å². The predicted octanol–water partition coefficient (Wildman–Crippen LogP) is 3.37. The van der Waals surface area contributed by atoms with Gasteiger partial charge < -0.3 is 4.74 Å². The first-order valence-electron chi connectivity index (χ1n) is 6.03. The van der Waals surface area contributed by atoms with Gasteiger partial charge in [0.15, 0.2) is 0 Å². The van der Waals surface area contributed by atoms with Gasteiger partial charge in [-0.25, -0.2) is 0 Å². The highest BCUT2D eigenvalue weighted by molar-refractivity contribution is 4.89. The molecule has 0 spiro atoms. The van der Waals surface area contributed by atoms with Gasteiger partial charge in [-0.2, -0.15) is 0 Å². The van der Waals surface area contributed by atoms with Gasteiger partial charge in [-0.3, -0.25) is 4.90 Å². The third-order valence-corrected chi connectivity index (χ3v) is 3.16. The minimum Gasteiger partial charge on any atom is -0.365 e. The molecule has 1 saturated heterocycles. The van der Waals surface area contributed by atoms with E-state index >= 15 is 0 Å². The Labute approximate surface area is 96.0 Å². The topological polar surface area (TPSA) is 12.5 Å². The molecule has 0 aliphatic carbocycles. The largest absolute Gasteiger partial charge is 0.365 e. The number of nitrogens with zero attached hydrogens (tertiary/aromatic N) is 1. The van der Waals surface area contributed by atoms with Crippen molar-refractivity contribution in [1.82, 2.24) is 4.90 Å². The quantitative estimate of drug-likeness (QED) is 0.614. The zero-order chi connectivity index (χ0) is 12.1. The SMILES string of the molecule is CCC.CN1COCC(C)(C(C)(C)C)C1. The van der Waals surface area contributed by atoms with E-state index in [0.717, 1.165) is 19.9 Å². The maximum absolute atomic E-state index is 5.55. The van der Waals surface area contributed by atoms with Crippen LogP contribution >= 0.6 is 0 Å². The molecule has 1 atom stereocenters. The van der Waals surface area contributed by atoms with Gasteiger partial charge in [-0.1, -0.05) is 48.0 Å². The number of rotatable bonds is 0. The first kappa shape index (κ1) is 14.9. The predicted molar refractivity (Wildman–Crippen MR) is 67.0 cm³/mol. The number of hydrogen-bond donors (Lipinski definition) is 0. The molecule has 1 heterocycles. The molecule has 92 valence electrons. The normalized spacial score (nSPS) is 28.2. The molecule has 0 aromatic heterocycles. The van der Waals surface area contributed by atoms with E-state index < -0.39 is 0 Å². The van der Waals surface area contributed by atoms with E-state index in [2.05, 4.69) is 53.5 Å². The van der Waals surface area contributed by atoms with E-state index in [0.29, 0.717) is 10.8 Å². The summed E-state index contributed by atoms with van der Waals surface area (Å²) in [6, 6.07) is 0. The summed E-state index contributed by atoms with van der Waals surface area (Å²) in [5.74, 6) is 0. The molecule has 0 amide bonds. The fourth-order valence-corrected chi connectivity index (χ4v) is 1.57. The summed E-state index contributed by atoms with van der Waals surface area (Å²) in [4.78, 5) is 2.24. The minimum atomic E-state index is 0.292. The molecule has 0 aromatic rings. The van der Waals surface area contributed by atoms with Gasteiger partial charge in [0.2, 0.25) is 0 Å². The van der Waals surface area contributed by atoms with Crippen molar-refractivity contribution >= 4 is 0 Å². The molecule has 1 aliphatic rings. The van der Waals surface area contributed by atoms with Crippen LogP contribution in [0.5, 0.6) is 0 Å². The lowest BCUT2D eigenvalue weighted by molar-refractivity contribution is -0.115. The van der Waals surface area contributed by atoms with Crippen molar-refractivity contribution in [3.8, 4) is 0 Å². The standard InChI is InChI=1S/C10H21NO.C3H8/c1-9(2,3)10(4)6-11(5)8-12-7-10;1-3-2/h6-8H2,1-5H3;3H2,1-2H3. The van der Waals surface area contributed by atoms with Gasteiger partial charge in [0, 0.05) is 12.0 Å². The van der Waals surface area contributed by atoms with Crippen LogP contribution in [-0.4, -0.2) is 31.8 Å². The molecule has 2 nitrogen and oxygen atoms in total. The Kier molecular flexibility index (Phi) is 5.82. The monoisotopic (exact) mass is 215 g/mol. The summed E-state index contributed by atoms with van der Waals surface area (Å²) in [6.45, 7) is 16.2. The number of ether oxygens (including phenoxy) is 1. The van der Waals surface area contributed by atoms with Crippen LogP contribution in [0.2, 0.25) is 0 Å². The maximum atomic E-state index is 5.55. The van der Waals surface area contributed by atoms with Crippen LogP contribution < -0.4 is 0 Å². The maximum Gasteiger partial charge on any atom is 0.0988 e. The van der Waals surface area contributed by atoms with E-state index in [4.69, 9.17) is 4.74 Å². The zero-order valence-corrected chi connectivity index (χ0v) is 11.7. The van der Waals surface area contributed by atoms with Gasteiger partial charge in [0.05, 0.1) is 13.3 Å². The molecule has 1 aliphatic heterocycles. The van der Waals surface area contributed by atoms with E-state index in [1.807, 2.05) is 0 Å². The molecule has 1 unspecified atom stereocenters. The van der Waals surface area contributed by atoms with E-state index in [9.17, 15) is 0 Å². The molecule has 0 bridgehead atoms. The molecule has 2 heteroatoms. The molecular weight excluding hydrogens is 186 g/mol. The number of hydrogen-bond acceptors (Lipinski definition) is 2. The van der Waals surface area contributed by atoms with Gasteiger partial charge in [-0.15, -0.1) is 0 Å². The summed E-state index contributed by atoms with van der Waals surface area (Å²) < 4.78 is 5.55. The van der Waals surface area contributed by atoms with Crippen molar-refractivity contribution in [3.63, 3.8) is 0 Å². The Morgan fingerprint density at radius 3 is 2.00 bits per heavy atom. The van der Waals surface area contributed by atoms with Crippen molar-refractivity contribution in [2.75, 3.05) is 26.9 Å². The Morgan fingerprint density at radius 2 is 1.73 bits per heavy atom. The molecule has 1 rings (SSSR count). The summed E-state index contributed by atoms with van der Waals surface area (Å²) in [5.41, 5.74) is 0.613. The fraction of sp³-hybridized carbons (Fsp3) is 1.00. The average Bonchev–Trinajstić information content (AvgIpc) is 2.02. The lowest BCUT2D eigenvalue weighted by Crippen LogP contribution is -2.50. The summed E-state index contributed by atoms with van der Waals surface area (Å²) in [7, 11) is 2.11. The van der Waals surface area contributed by atoms with Crippen molar-refractivity contribution in [1.29, 1.82) is 0 Å².